The third-order valence-corrected chi connectivity index (χ3v) is 3.29. The topological polar surface area (TPSA) is 124 Å². The number of esters is 4. The van der Waals surface area contributed by atoms with Crippen LogP contribution in [0.15, 0.2) is 0 Å². The first-order valence-electron chi connectivity index (χ1n) is 6.73. The van der Waals surface area contributed by atoms with Gasteiger partial charge in [0, 0.05) is 20.8 Å². The maximum atomic E-state index is 11.9. The van der Waals surface area contributed by atoms with Crippen molar-refractivity contribution in [2.24, 2.45) is 0 Å². The zero-order valence-electron chi connectivity index (χ0n) is 13.3. The second-order valence-electron chi connectivity index (χ2n) is 4.76. The van der Waals surface area contributed by atoms with E-state index in [0.717, 1.165) is 27.9 Å². The molecule has 0 saturated carbocycles. The van der Waals surface area contributed by atoms with Crippen LogP contribution in [0, 0.1) is 0 Å². The van der Waals surface area contributed by atoms with Gasteiger partial charge in [-0.1, -0.05) is 0 Å². The van der Waals surface area contributed by atoms with Gasteiger partial charge in [0.2, 0.25) is 6.29 Å². The van der Waals surface area contributed by atoms with Gasteiger partial charge in [0.25, 0.3) is 0 Å². The van der Waals surface area contributed by atoms with Gasteiger partial charge in [-0.15, -0.1) is 0 Å². The van der Waals surface area contributed by atoms with Crippen molar-refractivity contribution in [2.75, 3.05) is 7.11 Å². The minimum absolute atomic E-state index is 0.728. The van der Waals surface area contributed by atoms with Crippen LogP contribution in [0.3, 0.4) is 0 Å². The molecule has 0 unspecified atom stereocenters. The average molecular weight is 413 g/mol. The minimum Gasteiger partial charge on any atom is -0.467 e. The van der Waals surface area contributed by atoms with Crippen molar-refractivity contribution in [3.05, 3.63) is 0 Å². The highest BCUT2D eigenvalue weighted by Crippen LogP contribution is 2.30. The van der Waals surface area contributed by atoms with Gasteiger partial charge in [-0.25, -0.2) is 4.79 Å². The Labute approximate surface area is 146 Å². The van der Waals surface area contributed by atoms with Gasteiger partial charge in [-0.2, -0.15) is 0 Å². The van der Waals surface area contributed by atoms with Gasteiger partial charge in [0.05, 0.1) is 7.11 Å². The summed E-state index contributed by atoms with van der Waals surface area (Å²) in [6.45, 7) is 3.30. The van der Waals surface area contributed by atoms with Crippen LogP contribution in [-0.4, -0.2) is 61.7 Å². The molecule has 0 spiro atoms. The molecule has 0 N–H and O–H groups in total. The second-order valence-corrected chi connectivity index (χ2v) is 5.13. The molecule has 10 nitrogen and oxygen atoms in total. The monoisotopic (exact) mass is 412 g/mol. The quantitative estimate of drug-likeness (QED) is 0.450. The Morgan fingerprint density at radius 3 is 1.71 bits per heavy atom. The van der Waals surface area contributed by atoms with Gasteiger partial charge in [-0.3, -0.25) is 18.2 Å². The van der Waals surface area contributed by atoms with Crippen LogP contribution in [0.2, 0.25) is 0 Å². The molecule has 136 valence electrons. The number of ether oxygens (including phenoxy) is 5. The van der Waals surface area contributed by atoms with E-state index in [1.807, 2.05) is 0 Å². The standard InChI is InChI=1S/C13H17BrO10/c1-5(15)20-8-9(21-6(2)16)11(22-7(3)17)13(24-14)23-10(8)12(18)19-4/h8-11,13H,1-4H3/t8-,9-,10-,11+,13+/m0/s1. The van der Waals surface area contributed by atoms with E-state index in [1.165, 1.54) is 0 Å². The Bertz CT molecular complexity index is 507. The van der Waals surface area contributed by atoms with Crippen molar-refractivity contribution in [1.82, 2.24) is 0 Å². The van der Waals surface area contributed by atoms with Crippen LogP contribution < -0.4 is 0 Å². The van der Waals surface area contributed by atoms with Gasteiger partial charge in [-0.05, 0) is 0 Å². The van der Waals surface area contributed by atoms with Crippen molar-refractivity contribution in [3.63, 3.8) is 0 Å². The Hall–Kier alpha value is -1.72. The maximum absolute atomic E-state index is 11.9. The molecule has 0 aliphatic carbocycles. The lowest BCUT2D eigenvalue weighted by Gasteiger charge is -2.42. The van der Waals surface area contributed by atoms with Crippen molar-refractivity contribution >= 4 is 40.1 Å². The molecule has 0 aromatic rings. The van der Waals surface area contributed by atoms with E-state index in [-0.39, 0.29) is 0 Å². The molecule has 1 aliphatic rings. The van der Waals surface area contributed by atoms with E-state index in [2.05, 4.69) is 21.0 Å². The van der Waals surface area contributed by atoms with Crippen molar-refractivity contribution < 1.29 is 46.7 Å². The van der Waals surface area contributed by atoms with Crippen LogP contribution in [0.25, 0.3) is 0 Å². The van der Waals surface area contributed by atoms with E-state index >= 15 is 0 Å². The summed E-state index contributed by atoms with van der Waals surface area (Å²) in [7, 11) is 1.10. The van der Waals surface area contributed by atoms with Crippen molar-refractivity contribution in [2.45, 2.75) is 51.5 Å². The number of carbonyl (C=O) groups excluding carboxylic acids is 4. The molecule has 0 radical (unpaired) electrons. The van der Waals surface area contributed by atoms with Crippen LogP contribution in [0.5, 0.6) is 0 Å². The van der Waals surface area contributed by atoms with Gasteiger partial charge < -0.3 is 23.7 Å². The van der Waals surface area contributed by atoms with Gasteiger partial charge in [0.15, 0.2) is 24.4 Å². The molecule has 5 atom stereocenters. The highest BCUT2D eigenvalue weighted by Gasteiger charge is 2.55. The van der Waals surface area contributed by atoms with Crippen molar-refractivity contribution in [1.29, 1.82) is 0 Å². The highest BCUT2D eigenvalue weighted by atomic mass is 79.9. The number of rotatable bonds is 5. The molecule has 1 rings (SSSR count). The Kier molecular flexibility index (Phi) is 7.58. The zero-order valence-corrected chi connectivity index (χ0v) is 14.9. The van der Waals surface area contributed by atoms with E-state index < -0.39 is 54.6 Å². The molecule has 1 saturated heterocycles. The Morgan fingerprint density at radius 1 is 0.833 bits per heavy atom. The first-order chi connectivity index (χ1) is 11.2. The highest BCUT2D eigenvalue weighted by molar-refractivity contribution is 9.06. The van der Waals surface area contributed by atoms with Crippen LogP contribution in [0.4, 0.5) is 0 Å². The lowest BCUT2D eigenvalue weighted by atomic mass is 9.98. The molecular weight excluding hydrogens is 396 g/mol. The fourth-order valence-corrected chi connectivity index (χ4v) is 2.45. The summed E-state index contributed by atoms with van der Waals surface area (Å²) in [6.07, 6.45) is -6.83. The van der Waals surface area contributed by atoms with Crippen LogP contribution in [0.1, 0.15) is 20.8 Å². The summed E-state index contributed by atoms with van der Waals surface area (Å²) in [6, 6.07) is 0. The van der Waals surface area contributed by atoms with Gasteiger partial charge >= 0.3 is 23.9 Å². The van der Waals surface area contributed by atoms with Crippen LogP contribution >= 0.6 is 16.3 Å². The molecule has 11 heteroatoms. The van der Waals surface area contributed by atoms with Crippen LogP contribution in [-0.2, 0) is 46.7 Å². The predicted molar refractivity (Wildman–Crippen MR) is 77.4 cm³/mol. The smallest absolute Gasteiger partial charge is 0.339 e. The Balaban J connectivity index is 3.28. The van der Waals surface area contributed by atoms with E-state index in [0.29, 0.717) is 0 Å². The first-order valence-corrected chi connectivity index (χ1v) is 7.38. The molecular formula is C13H17BrO10. The third kappa shape index (κ3) is 5.14. The lowest BCUT2D eigenvalue weighted by molar-refractivity contribution is -0.278. The number of methoxy groups -OCH3 is 1. The maximum Gasteiger partial charge on any atom is 0.339 e. The lowest BCUT2D eigenvalue weighted by Crippen LogP contribution is -2.63. The average Bonchev–Trinajstić information content (AvgIpc) is 2.48. The molecule has 1 aliphatic heterocycles. The molecule has 0 bridgehead atoms. The first kappa shape index (κ1) is 20.3. The molecule has 1 fully saturated rings. The summed E-state index contributed by atoms with van der Waals surface area (Å²) in [5.41, 5.74) is 0. The van der Waals surface area contributed by atoms with E-state index in [4.69, 9.17) is 22.8 Å². The minimum atomic E-state index is -1.46. The van der Waals surface area contributed by atoms with Gasteiger partial charge in [0.1, 0.15) is 16.3 Å². The second kappa shape index (κ2) is 8.94. The van der Waals surface area contributed by atoms with E-state index in [9.17, 15) is 19.2 Å². The normalized spacial score (nSPS) is 29.3. The number of hydrogen-bond donors (Lipinski definition) is 0. The number of carbonyl (C=O) groups is 4. The molecule has 0 aromatic carbocycles. The fourth-order valence-electron chi connectivity index (χ4n) is 2.15. The summed E-state index contributed by atoms with van der Waals surface area (Å²) in [5.74, 6) is -3.15. The largest absolute Gasteiger partial charge is 0.467 e. The van der Waals surface area contributed by atoms with Crippen molar-refractivity contribution in [3.8, 4) is 0 Å². The summed E-state index contributed by atoms with van der Waals surface area (Å²) in [4.78, 5) is 46.0. The molecule has 0 amide bonds. The number of hydrogen-bond acceptors (Lipinski definition) is 10. The van der Waals surface area contributed by atoms with E-state index in [1.54, 1.807) is 0 Å². The molecule has 24 heavy (non-hydrogen) atoms. The molecule has 0 aromatic heterocycles. The summed E-state index contributed by atoms with van der Waals surface area (Å²) >= 11 is 2.69. The molecule has 1 heterocycles. The Morgan fingerprint density at radius 2 is 1.29 bits per heavy atom. The fraction of sp³-hybridized carbons (Fsp3) is 0.692. The third-order valence-electron chi connectivity index (χ3n) is 2.92. The predicted octanol–water partition coefficient (Wildman–Crippen LogP) is 0.00590. The number of halogens is 1. The SMILES string of the molecule is COC(=O)[C@H]1O[C@H](OBr)[C@H](OC(C)=O)[C@@H](OC(C)=O)[C@@H]1OC(C)=O. The summed E-state index contributed by atoms with van der Waals surface area (Å²) in [5, 5.41) is 0. The zero-order chi connectivity index (χ0) is 18.4. The summed E-state index contributed by atoms with van der Waals surface area (Å²) < 4.78 is 30.0.